The van der Waals surface area contributed by atoms with E-state index < -0.39 is 15.9 Å². The van der Waals surface area contributed by atoms with E-state index in [4.69, 9.17) is 0 Å². The first-order chi connectivity index (χ1) is 14.5. The maximum Gasteiger partial charge on any atom is 0.269 e. The third-order valence-corrected chi connectivity index (χ3v) is 7.62. The Kier molecular flexibility index (Phi) is 5.87. The van der Waals surface area contributed by atoms with Gasteiger partial charge in [-0.25, -0.2) is 12.7 Å². The number of sulfonamides is 1. The van der Waals surface area contributed by atoms with E-state index in [2.05, 4.69) is 34.6 Å². The summed E-state index contributed by atoms with van der Waals surface area (Å²) in [7, 11) is -3.80. The molecule has 1 aliphatic heterocycles. The van der Waals surface area contributed by atoms with Crippen molar-refractivity contribution in [3.63, 3.8) is 0 Å². The molecular weight excluding hydrogens is 422 g/mol. The van der Waals surface area contributed by atoms with E-state index in [-0.39, 0.29) is 17.0 Å². The fraction of sp³-hybridized carbons (Fsp3) is 0.300. The molecule has 3 aromatic rings. The highest BCUT2D eigenvalue weighted by molar-refractivity contribution is 7.99. The number of aromatic nitrogens is 4. The largest absolute Gasteiger partial charge is 0.269 e. The molecule has 2 heterocycles. The van der Waals surface area contributed by atoms with E-state index in [1.807, 2.05) is 12.1 Å². The van der Waals surface area contributed by atoms with Gasteiger partial charge in [0, 0.05) is 12.3 Å². The van der Waals surface area contributed by atoms with Crippen molar-refractivity contribution < 1.29 is 13.2 Å². The minimum absolute atomic E-state index is 0.0450. The highest BCUT2D eigenvalue weighted by Gasteiger charge is 2.40. The molecule has 0 fully saturated rings. The van der Waals surface area contributed by atoms with Gasteiger partial charge in [-0.2, -0.15) is 4.68 Å². The number of unbranched alkanes of at least 4 members (excludes halogenated alkanes) is 1. The van der Waals surface area contributed by atoms with Gasteiger partial charge in [-0.3, -0.25) is 4.79 Å². The Labute approximate surface area is 179 Å². The number of carbonyl (C=O) groups excluding carboxylic acids is 1. The lowest BCUT2D eigenvalue weighted by Crippen LogP contribution is -2.32. The monoisotopic (exact) mass is 443 g/mol. The van der Waals surface area contributed by atoms with E-state index in [9.17, 15) is 13.2 Å². The molecule has 0 bridgehead atoms. The van der Waals surface area contributed by atoms with E-state index in [1.54, 1.807) is 16.8 Å². The lowest BCUT2D eigenvalue weighted by Gasteiger charge is -2.14. The topological polar surface area (TPSA) is 98.1 Å². The fourth-order valence-corrected chi connectivity index (χ4v) is 5.79. The SMILES string of the molecule is CCCCc1ccc(-n2nnnc2SCCN2C(=O)c3ccccc3S2(=O)=O)cc1. The molecule has 8 nitrogen and oxygen atoms in total. The molecule has 0 atom stereocenters. The molecule has 1 amide bonds. The van der Waals surface area contributed by atoms with Crippen LogP contribution in [0.4, 0.5) is 0 Å². The predicted octanol–water partition coefficient (Wildman–Crippen LogP) is 2.94. The Morgan fingerprint density at radius 3 is 2.57 bits per heavy atom. The van der Waals surface area contributed by atoms with Gasteiger partial charge < -0.3 is 0 Å². The smallest absolute Gasteiger partial charge is 0.268 e. The standard InChI is InChI=1S/C20H21N5O3S2/c1-2-3-6-15-9-11-16(12-10-15)25-20(21-22-23-25)29-14-13-24-19(26)17-7-4-5-8-18(17)30(24,27)28/h4-5,7-12H,2-3,6,13-14H2,1H3. The summed E-state index contributed by atoms with van der Waals surface area (Å²) in [5, 5.41) is 12.4. The van der Waals surface area contributed by atoms with Crippen LogP contribution in [0.3, 0.4) is 0 Å². The summed E-state index contributed by atoms with van der Waals surface area (Å²) in [6.45, 7) is 2.21. The molecule has 0 N–H and O–H groups in total. The number of fused-ring (bicyclic) bond motifs is 1. The summed E-state index contributed by atoms with van der Waals surface area (Å²) in [6.07, 6.45) is 3.33. The first kappa shape index (κ1) is 20.5. The van der Waals surface area contributed by atoms with E-state index in [0.29, 0.717) is 10.9 Å². The molecule has 156 valence electrons. The molecule has 4 rings (SSSR count). The highest BCUT2D eigenvalue weighted by atomic mass is 32.2. The predicted molar refractivity (Wildman–Crippen MR) is 113 cm³/mol. The van der Waals surface area contributed by atoms with Crippen LogP contribution in [-0.4, -0.2) is 51.1 Å². The zero-order valence-corrected chi connectivity index (χ0v) is 18.1. The number of benzene rings is 2. The Morgan fingerprint density at radius 2 is 1.83 bits per heavy atom. The van der Waals surface area contributed by atoms with Crippen molar-refractivity contribution in [1.82, 2.24) is 24.5 Å². The molecule has 30 heavy (non-hydrogen) atoms. The third-order valence-electron chi connectivity index (χ3n) is 4.88. The van der Waals surface area contributed by atoms with Crippen LogP contribution in [0, 0.1) is 0 Å². The zero-order valence-electron chi connectivity index (χ0n) is 16.4. The lowest BCUT2D eigenvalue weighted by atomic mass is 10.1. The van der Waals surface area contributed by atoms with Crippen molar-refractivity contribution in [3.05, 3.63) is 59.7 Å². The Balaban J connectivity index is 1.43. The van der Waals surface area contributed by atoms with Crippen LogP contribution in [0.15, 0.2) is 58.6 Å². The van der Waals surface area contributed by atoms with Crippen LogP contribution in [-0.2, 0) is 16.4 Å². The maximum absolute atomic E-state index is 12.6. The van der Waals surface area contributed by atoms with Crippen LogP contribution < -0.4 is 0 Å². The van der Waals surface area contributed by atoms with Crippen LogP contribution in [0.1, 0.15) is 35.7 Å². The van der Waals surface area contributed by atoms with E-state index in [0.717, 1.165) is 29.3 Å². The normalized spacial score (nSPS) is 14.8. The van der Waals surface area contributed by atoms with Gasteiger partial charge in [-0.1, -0.05) is 49.4 Å². The number of nitrogens with zero attached hydrogens (tertiary/aromatic N) is 5. The Bertz CT molecular complexity index is 1160. The van der Waals surface area contributed by atoms with Gasteiger partial charge >= 0.3 is 0 Å². The summed E-state index contributed by atoms with van der Waals surface area (Å²) >= 11 is 1.30. The number of aryl methyl sites for hydroxylation is 1. The van der Waals surface area contributed by atoms with E-state index in [1.165, 1.54) is 29.5 Å². The summed E-state index contributed by atoms with van der Waals surface area (Å²) in [4.78, 5) is 12.6. The van der Waals surface area contributed by atoms with Crippen LogP contribution in [0.25, 0.3) is 5.69 Å². The van der Waals surface area contributed by atoms with Gasteiger partial charge in [0.2, 0.25) is 5.16 Å². The highest BCUT2D eigenvalue weighted by Crippen LogP contribution is 2.30. The third kappa shape index (κ3) is 3.84. The van der Waals surface area contributed by atoms with Crippen molar-refractivity contribution in [3.8, 4) is 5.69 Å². The van der Waals surface area contributed by atoms with Gasteiger partial charge in [-0.15, -0.1) is 5.10 Å². The minimum atomic E-state index is -3.80. The first-order valence-corrected chi connectivity index (χ1v) is 12.1. The second-order valence-corrected chi connectivity index (χ2v) is 9.76. The van der Waals surface area contributed by atoms with Crippen LogP contribution >= 0.6 is 11.8 Å². The quantitative estimate of drug-likeness (QED) is 0.494. The Hall–Kier alpha value is -2.72. The lowest BCUT2D eigenvalue weighted by molar-refractivity contribution is 0.0876. The second kappa shape index (κ2) is 8.57. The van der Waals surface area contributed by atoms with Crippen molar-refractivity contribution in [2.45, 2.75) is 36.2 Å². The van der Waals surface area contributed by atoms with Crippen LogP contribution in [0.2, 0.25) is 0 Å². The van der Waals surface area contributed by atoms with Crippen LogP contribution in [0.5, 0.6) is 0 Å². The van der Waals surface area contributed by atoms with Gasteiger partial charge in [0.15, 0.2) is 0 Å². The molecule has 1 aliphatic rings. The summed E-state index contributed by atoms with van der Waals surface area (Å²) in [5.74, 6) is -0.151. The van der Waals surface area contributed by atoms with Gasteiger partial charge in [0.25, 0.3) is 15.9 Å². The van der Waals surface area contributed by atoms with Gasteiger partial charge in [0.1, 0.15) is 4.90 Å². The molecule has 10 heteroatoms. The van der Waals surface area contributed by atoms with Gasteiger partial charge in [-0.05, 0) is 53.1 Å². The van der Waals surface area contributed by atoms with Crippen molar-refractivity contribution in [1.29, 1.82) is 0 Å². The number of hydrogen-bond donors (Lipinski definition) is 0. The number of thioether (sulfide) groups is 1. The minimum Gasteiger partial charge on any atom is -0.268 e. The number of carbonyl (C=O) groups is 1. The number of amides is 1. The summed E-state index contributed by atoms with van der Waals surface area (Å²) in [6, 6.07) is 14.3. The summed E-state index contributed by atoms with van der Waals surface area (Å²) < 4.78 is 27.8. The number of hydrogen-bond acceptors (Lipinski definition) is 7. The van der Waals surface area contributed by atoms with Crippen molar-refractivity contribution >= 4 is 27.7 Å². The molecule has 0 saturated carbocycles. The number of rotatable bonds is 8. The molecule has 0 unspecified atom stereocenters. The number of tetrazole rings is 1. The molecule has 1 aromatic heterocycles. The van der Waals surface area contributed by atoms with Crippen molar-refractivity contribution in [2.75, 3.05) is 12.3 Å². The summed E-state index contributed by atoms with van der Waals surface area (Å²) in [5.41, 5.74) is 2.32. The fourth-order valence-electron chi connectivity index (χ4n) is 3.29. The molecular formula is C20H21N5O3S2. The van der Waals surface area contributed by atoms with E-state index >= 15 is 0 Å². The Morgan fingerprint density at radius 1 is 1.07 bits per heavy atom. The average Bonchev–Trinajstić information content (AvgIpc) is 3.30. The first-order valence-electron chi connectivity index (χ1n) is 9.69. The van der Waals surface area contributed by atoms with Gasteiger partial charge in [0.05, 0.1) is 11.3 Å². The zero-order chi connectivity index (χ0) is 21.1. The molecule has 0 spiro atoms. The average molecular weight is 444 g/mol. The molecule has 0 aliphatic carbocycles. The maximum atomic E-state index is 12.6. The van der Waals surface area contributed by atoms with Crippen molar-refractivity contribution in [2.24, 2.45) is 0 Å². The second-order valence-electron chi connectivity index (χ2n) is 6.87. The molecule has 0 saturated heterocycles. The molecule has 2 aromatic carbocycles. The molecule has 0 radical (unpaired) electrons.